The lowest BCUT2D eigenvalue weighted by molar-refractivity contribution is 0.525. The molecule has 50 valence electrons. The monoisotopic (exact) mass is 122 g/mol. The maximum Gasteiger partial charge on any atom is -0.0257 e. The predicted molar refractivity (Wildman–Crippen MR) is 39.1 cm³/mol. The first-order valence-corrected chi connectivity index (χ1v) is 3.90. The van der Waals surface area contributed by atoms with Crippen molar-refractivity contribution in [3.8, 4) is 0 Å². The molecule has 9 heavy (non-hydrogen) atoms. The van der Waals surface area contributed by atoms with Crippen LogP contribution in [0.3, 0.4) is 0 Å². The highest BCUT2D eigenvalue weighted by molar-refractivity contribution is 5.23. The Morgan fingerprint density at radius 3 is 2.67 bits per heavy atom. The van der Waals surface area contributed by atoms with E-state index in [1.165, 1.54) is 12.8 Å². The van der Waals surface area contributed by atoms with Crippen molar-refractivity contribution in [3.63, 3.8) is 0 Å². The zero-order valence-corrected chi connectivity index (χ0v) is 6.22. The van der Waals surface area contributed by atoms with Crippen LogP contribution >= 0.6 is 0 Å². The van der Waals surface area contributed by atoms with Crippen molar-refractivity contribution in [3.05, 3.63) is 12.2 Å². The maximum absolute atomic E-state index is 2.42. The van der Waals surface area contributed by atoms with Crippen LogP contribution in [0.2, 0.25) is 0 Å². The van der Waals surface area contributed by atoms with Gasteiger partial charge in [-0.1, -0.05) is 19.1 Å². The Morgan fingerprint density at radius 2 is 2.33 bits per heavy atom. The first kappa shape index (κ1) is 5.52. The summed E-state index contributed by atoms with van der Waals surface area (Å²) in [5.74, 6) is 2.21. The molecule has 0 amide bonds. The number of allylic oxidation sites excluding steroid dienone is 2. The van der Waals surface area contributed by atoms with Crippen molar-refractivity contribution in [2.45, 2.75) is 26.7 Å². The Kier molecular flexibility index (Phi) is 0.870. The van der Waals surface area contributed by atoms with E-state index in [1.807, 2.05) is 0 Å². The van der Waals surface area contributed by atoms with Gasteiger partial charge in [0.2, 0.25) is 0 Å². The first-order valence-electron chi connectivity index (χ1n) is 3.90. The molecule has 0 aliphatic heterocycles. The molecular weight excluding hydrogens is 108 g/mol. The van der Waals surface area contributed by atoms with Crippen molar-refractivity contribution >= 4 is 0 Å². The third-order valence-electron chi connectivity index (χ3n) is 3.20. The third-order valence-corrected chi connectivity index (χ3v) is 3.20. The van der Waals surface area contributed by atoms with Gasteiger partial charge in [0.1, 0.15) is 0 Å². The molecule has 0 heterocycles. The van der Waals surface area contributed by atoms with E-state index in [2.05, 4.69) is 26.0 Å². The lowest BCUT2D eigenvalue weighted by atomic mass is 10.0. The number of rotatable bonds is 2. The lowest BCUT2D eigenvalue weighted by Crippen LogP contribution is -1.91. The summed E-state index contributed by atoms with van der Waals surface area (Å²) in [6.45, 7) is 4.53. The van der Waals surface area contributed by atoms with Crippen molar-refractivity contribution < 1.29 is 0 Å². The first-order chi connectivity index (χ1) is 4.29. The Balaban J connectivity index is 1.81. The van der Waals surface area contributed by atoms with Gasteiger partial charge < -0.3 is 0 Å². The second-order valence-corrected chi connectivity index (χ2v) is 3.73. The summed E-state index contributed by atoms with van der Waals surface area (Å²) in [6, 6.07) is 0. The maximum atomic E-state index is 2.42. The third kappa shape index (κ3) is 0.593. The number of hydrogen-bond donors (Lipinski definition) is 0. The smallest absolute Gasteiger partial charge is 0.0257 e. The van der Waals surface area contributed by atoms with Crippen molar-refractivity contribution in [2.75, 3.05) is 0 Å². The van der Waals surface area contributed by atoms with Gasteiger partial charge in [-0.3, -0.25) is 0 Å². The average Bonchev–Trinajstić information content (AvgIpc) is 2.58. The van der Waals surface area contributed by atoms with E-state index in [0.29, 0.717) is 0 Å². The molecule has 0 nitrogen and oxygen atoms in total. The fraction of sp³-hybridized carbons (Fsp3) is 0.778. The highest BCUT2D eigenvalue weighted by Crippen LogP contribution is 2.80. The fourth-order valence-corrected chi connectivity index (χ4v) is 2.03. The molecule has 0 aromatic rings. The van der Waals surface area contributed by atoms with Gasteiger partial charge in [0, 0.05) is 0 Å². The molecule has 2 saturated carbocycles. The standard InChI is InChI=1S/C9H14/c1-3-4-5-7-8-6-9(7,8)2/h3-4,7-8H,5-6H2,1-2H3. The molecule has 0 radical (unpaired) electrons. The zero-order chi connectivity index (χ0) is 6.48. The number of hydrogen-bond acceptors (Lipinski definition) is 0. The van der Waals surface area contributed by atoms with Gasteiger partial charge in [-0.15, -0.1) is 0 Å². The van der Waals surface area contributed by atoms with E-state index in [1.54, 1.807) is 0 Å². The van der Waals surface area contributed by atoms with Crippen LogP contribution in [0.15, 0.2) is 12.2 Å². The van der Waals surface area contributed by atoms with Crippen LogP contribution in [-0.4, -0.2) is 0 Å². The second kappa shape index (κ2) is 1.42. The van der Waals surface area contributed by atoms with Gasteiger partial charge in [0.05, 0.1) is 0 Å². The summed E-state index contributed by atoms with van der Waals surface area (Å²) in [7, 11) is 0. The largest absolute Gasteiger partial charge is 0.0917 e. The Bertz CT molecular complexity index is 157. The molecule has 2 aliphatic carbocycles. The molecule has 0 aromatic carbocycles. The molecule has 0 heteroatoms. The lowest BCUT2D eigenvalue weighted by Gasteiger charge is -2.01. The fourth-order valence-electron chi connectivity index (χ4n) is 2.03. The molecule has 0 N–H and O–H groups in total. The Hall–Kier alpha value is -0.260. The predicted octanol–water partition coefficient (Wildman–Crippen LogP) is 2.61. The molecule has 3 unspecified atom stereocenters. The summed E-state index contributed by atoms with van der Waals surface area (Å²) in [4.78, 5) is 0. The summed E-state index contributed by atoms with van der Waals surface area (Å²) in [6.07, 6.45) is 7.34. The summed E-state index contributed by atoms with van der Waals surface area (Å²) < 4.78 is 0. The average molecular weight is 122 g/mol. The highest BCUT2D eigenvalue weighted by Gasteiger charge is 2.74. The topological polar surface area (TPSA) is 0 Å². The second-order valence-electron chi connectivity index (χ2n) is 3.73. The van der Waals surface area contributed by atoms with Crippen LogP contribution in [0.25, 0.3) is 0 Å². The molecule has 2 fully saturated rings. The molecule has 3 atom stereocenters. The molecular formula is C9H14. The van der Waals surface area contributed by atoms with Crippen LogP contribution < -0.4 is 0 Å². The van der Waals surface area contributed by atoms with Gasteiger partial charge in [-0.05, 0) is 37.0 Å². The molecule has 0 saturated heterocycles. The minimum Gasteiger partial charge on any atom is -0.0917 e. The molecule has 2 rings (SSSR count). The van der Waals surface area contributed by atoms with Gasteiger partial charge in [-0.25, -0.2) is 0 Å². The van der Waals surface area contributed by atoms with Crippen LogP contribution in [0, 0.1) is 17.3 Å². The van der Waals surface area contributed by atoms with Crippen LogP contribution in [0.1, 0.15) is 26.7 Å². The van der Waals surface area contributed by atoms with Crippen LogP contribution in [-0.2, 0) is 0 Å². The Labute approximate surface area is 57.0 Å². The van der Waals surface area contributed by atoms with E-state index in [9.17, 15) is 0 Å². The van der Waals surface area contributed by atoms with Gasteiger partial charge in [-0.2, -0.15) is 0 Å². The van der Waals surface area contributed by atoms with Gasteiger partial charge in [0.15, 0.2) is 0 Å². The normalized spacial score (nSPS) is 53.6. The number of fused-ring (bicyclic) bond motifs is 1. The zero-order valence-electron chi connectivity index (χ0n) is 6.22. The SMILES string of the molecule is CC=CCC1C2CC12C. The molecule has 0 bridgehead atoms. The van der Waals surface area contributed by atoms with Crippen LogP contribution in [0.5, 0.6) is 0 Å². The van der Waals surface area contributed by atoms with E-state index in [-0.39, 0.29) is 0 Å². The van der Waals surface area contributed by atoms with E-state index in [0.717, 1.165) is 17.3 Å². The van der Waals surface area contributed by atoms with Gasteiger partial charge in [0.25, 0.3) is 0 Å². The van der Waals surface area contributed by atoms with Crippen LogP contribution in [0.4, 0.5) is 0 Å². The summed E-state index contributed by atoms with van der Waals surface area (Å²) in [5, 5.41) is 0. The molecule has 0 aromatic heterocycles. The molecule has 2 aliphatic rings. The summed E-state index contributed by atoms with van der Waals surface area (Å²) in [5.41, 5.74) is 0.833. The highest BCUT2D eigenvalue weighted by atomic mass is 14.8. The van der Waals surface area contributed by atoms with Gasteiger partial charge >= 0.3 is 0 Å². The Morgan fingerprint density at radius 1 is 1.67 bits per heavy atom. The minimum absolute atomic E-state index is 0.833. The van der Waals surface area contributed by atoms with E-state index < -0.39 is 0 Å². The van der Waals surface area contributed by atoms with E-state index in [4.69, 9.17) is 0 Å². The quantitative estimate of drug-likeness (QED) is 0.494. The minimum atomic E-state index is 0.833. The van der Waals surface area contributed by atoms with Crippen molar-refractivity contribution in [2.24, 2.45) is 17.3 Å². The molecule has 0 spiro atoms. The van der Waals surface area contributed by atoms with Crippen molar-refractivity contribution in [1.29, 1.82) is 0 Å². The summed E-state index contributed by atoms with van der Waals surface area (Å²) >= 11 is 0. The van der Waals surface area contributed by atoms with E-state index >= 15 is 0 Å². The van der Waals surface area contributed by atoms with Crippen molar-refractivity contribution in [1.82, 2.24) is 0 Å².